The lowest BCUT2D eigenvalue weighted by Gasteiger charge is -2.04. The van der Waals surface area contributed by atoms with Crippen LogP contribution >= 0.6 is 0 Å². The summed E-state index contributed by atoms with van der Waals surface area (Å²) < 4.78 is 1.95. The number of rotatable bonds is 8. The van der Waals surface area contributed by atoms with Crippen molar-refractivity contribution in [2.75, 3.05) is 5.73 Å². The van der Waals surface area contributed by atoms with Gasteiger partial charge in [0.15, 0.2) is 5.82 Å². The standard InChI is InChI=1S/C12H24N4/c1-3-5-6-7-8-9-10-16-11(4-2)12(13)14-15-16/h3-10,13H2,1-2H3. The predicted octanol–water partition coefficient (Wildman–Crippen LogP) is 2.78. The van der Waals surface area contributed by atoms with Gasteiger partial charge in [0.25, 0.3) is 0 Å². The fraction of sp³-hybridized carbons (Fsp3) is 0.833. The van der Waals surface area contributed by atoms with E-state index in [1.165, 1.54) is 38.5 Å². The van der Waals surface area contributed by atoms with Gasteiger partial charge in [0.1, 0.15) is 0 Å². The van der Waals surface area contributed by atoms with E-state index in [0.717, 1.165) is 18.7 Å². The molecule has 2 N–H and O–H groups in total. The number of nitrogen functional groups attached to an aromatic ring is 1. The van der Waals surface area contributed by atoms with E-state index in [0.29, 0.717) is 5.82 Å². The van der Waals surface area contributed by atoms with Gasteiger partial charge in [-0.1, -0.05) is 51.2 Å². The molecule has 1 aromatic rings. The summed E-state index contributed by atoms with van der Waals surface area (Å²) in [6.45, 7) is 5.29. The Labute approximate surface area is 98.2 Å². The van der Waals surface area contributed by atoms with E-state index < -0.39 is 0 Å². The first-order chi connectivity index (χ1) is 7.79. The first-order valence-electron chi connectivity index (χ1n) is 6.47. The summed E-state index contributed by atoms with van der Waals surface area (Å²) in [5.41, 5.74) is 6.80. The van der Waals surface area contributed by atoms with Crippen LogP contribution in [0.4, 0.5) is 5.82 Å². The summed E-state index contributed by atoms with van der Waals surface area (Å²) in [7, 11) is 0. The molecular weight excluding hydrogens is 200 g/mol. The molecule has 4 heteroatoms. The molecule has 0 aliphatic rings. The minimum Gasteiger partial charge on any atom is -0.381 e. The molecule has 0 saturated carbocycles. The highest BCUT2D eigenvalue weighted by atomic mass is 15.4. The molecule has 0 radical (unpaired) electrons. The van der Waals surface area contributed by atoms with Gasteiger partial charge in [-0.2, -0.15) is 0 Å². The van der Waals surface area contributed by atoms with Gasteiger partial charge in [-0.25, -0.2) is 4.68 Å². The van der Waals surface area contributed by atoms with E-state index in [1.807, 2.05) is 4.68 Å². The molecule has 0 bridgehead atoms. The van der Waals surface area contributed by atoms with Crippen LogP contribution in [-0.4, -0.2) is 15.0 Å². The van der Waals surface area contributed by atoms with Gasteiger partial charge in [0.05, 0.1) is 5.69 Å². The maximum atomic E-state index is 5.73. The van der Waals surface area contributed by atoms with Gasteiger partial charge in [-0.3, -0.25) is 0 Å². The lowest BCUT2D eigenvalue weighted by Crippen LogP contribution is -2.05. The van der Waals surface area contributed by atoms with E-state index >= 15 is 0 Å². The van der Waals surface area contributed by atoms with Gasteiger partial charge in [-0.15, -0.1) is 5.10 Å². The first-order valence-corrected chi connectivity index (χ1v) is 6.47. The topological polar surface area (TPSA) is 56.7 Å². The Morgan fingerprint density at radius 3 is 2.44 bits per heavy atom. The molecule has 0 atom stereocenters. The van der Waals surface area contributed by atoms with Gasteiger partial charge < -0.3 is 5.73 Å². The quantitative estimate of drug-likeness (QED) is 0.691. The van der Waals surface area contributed by atoms with Crippen LogP contribution in [-0.2, 0) is 13.0 Å². The fourth-order valence-corrected chi connectivity index (χ4v) is 1.93. The van der Waals surface area contributed by atoms with Crippen molar-refractivity contribution in [3.63, 3.8) is 0 Å². The minimum atomic E-state index is 0.591. The Morgan fingerprint density at radius 2 is 1.75 bits per heavy atom. The summed E-state index contributed by atoms with van der Waals surface area (Å²) in [5, 5.41) is 7.97. The Morgan fingerprint density at radius 1 is 1.06 bits per heavy atom. The third-order valence-electron chi connectivity index (χ3n) is 2.93. The van der Waals surface area contributed by atoms with E-state index in [-0.39, 0.29) is 0 Å². The molecule has 0 amide bonds. The summed E-state index contributed by atoms with van der Waals surface area (Å²) in [6.07, 6.45) is 8.73. The van der Waals surface area contributed by atoms with Crippen LogP contribution in [0.1, 0.15) is 58.1 Å². The van der Waals surface area contributed by atoms with E-state index in [9.17, 15) is 0 Å². The molecule has 92 valence electrons. The molecule has 0 spiro atoms. The van der Waals surface area contributed by atoms with Crippen LogP contribution < -0.4 is 5.73 Å². The Hall–Kier alpha value is -1.06. The van der Waals surface area contributed by atoms with Crippen LogP contribution in [0.25, 0.3) is 0 Å². The van der Waals surface area contributed by atoms with Gasteiger partial charge in [0.2, 0.25) is 0 Å². The number of unbranched alkanes of at least 4 members (excludes halogenated alkanes) is 5. The monoisotopic (exact) mass is 224 g/mol. The van der Waals surface area contributed by atoms with Gasteiger partial charge >= 0.3 is 0 Å². The van der Waals surface area contributed by atoms with Crippen LogP contribution in [0.15, 0.2) is 0 Å². The van der Waals surface area contributed by atoms with Crippen molar-refractivity contribution >= 4 is 5.82 Å². The zero-order chi connectivity index (χ0) is 11.8. The highest BCUT2D eigenvalue weighted by molar-refractivity contribution is 5.32. The van der Waals surface area contributed by atoms with E-state index in [2.05, 4.69) is 24.2 Å². The molecule has 0 unspecified atom stereocenters. The van der Waals surface area contributed by atoms with Crippen LogP contribution in [0, 0.1) is 0 Å². The molecule has 0 aliphatic carbocycles. The van der Waals surface area contributed by atoms with Crippen molar-refractivity contribution in [1.29, 1.82) is 0 Å². The maximum Gasteiger partial charge on any atom is 0.169 e. The third-order valence-corrected chi connectivity index (χ3v) is 2.93. The summed E-state index contributed by atoms with van der Waals surface area (Å²) >= 11 is 0. The molecule has 0 aromatic carbocycles. The average Bonchev–Trinajstić information content (AvgIpc) is 2.64. The van der Waals surface area contributed by atoms with Crippen molar-refractivity contribution in [1.82, 2.24) is 15.0 Å². The number of aryl methyl sites for hydroxylation is 1. The molecule has 4 nitrogen and oxygen atoms in total. The number of nitrogens with zero attached hydrogens (tertiary/aromatic N) is 3. The van der Waals surface area contributed by atoms with Crippen LogP contribution in [0.2, 0.25) is 0 Å². The normalized spacial score (nSPS) is 10.9. The van der Waals surface area contributed by atoms with Crippen molar-refractivity contribution in [2.45, 2.75) is 65.3 Å². The number of anilines is 1. The molecule has 16 heavy (non-hydrogen) atoms. The molecule has 0 saturated heterocycles. The largest absolute Gasteiger partial charge is 0.381 e. The molecule has 0 fully saturated rings. The summed E-state index contributed by atoms with van der Waals surface area (Å²) in [5.74, 6) is 0.591. The Balaban J connectivity index is 2.21. The van der Waals surface area contributed by atoms with Crippen LogP contribution in [0.3, 0.4) is 0 Å². The highest BCUT2D eigenvalue weighted by Crippen LogP contribution is 2.10. The molecule has 1 heterocycles. The smallest absolute Gasteiger partial charge is 0.169 e. The molecule has 1 aromatic heterocycles. The lowest BCUT2D eigenvalue weighted by atomic mass is 10.1. The van der Waals surface area contributed by atoms with Crippen LogP contribution in [0.5, 0.6) is 0 Å². The first kappa shape index (κ1) is 13.0. The zero-order valence-corrected chi connectivity index (χ0v) is 10.6. The number of hydrogen-bond donors (Lipinski definition) is 1. The predicted molar refractivity (Wildman–Crippen MR) is 67.2 cm³/mol. The number of hydrogen-bond acceptors (Lipinski definition) is 3. The molecule has 1 rings (SSSR count). The molecule has 0 aliphatic heterocycles. The lowest BCUT2D eigenvalue weighted by molar-refractivity contribution is 0.504. The highest BCUT2D eigenvalue weighted by Gasteiger charge is 2.06. The second-order valence-corrected chi connectivity index (χ2v) is 4.27. The summed E-state index contributed by atoms with van der Waals surface area (Å²) in [6, 6.07) is 0. The maximum absolute atomic E-state index is 5.73. The second-order valence-electron chi connectivity index (χ2n) is 4.27. The molecular formula is C12H24N4. The van der Waals surface area contributed by atoms with E-state index in [1.54, 1.807) is 0 Å². The minimum absolute atomic E-state index is 0.591. The SMILES string of the molecule is CCCCCCCCn1nnc(N)c1CC. The summed E-state index contributed by atoms with van der Waals surface area (Å²) in [4.78, 5) is 0. The van der Waals surface area contributed by atoms with Crippen molar-refractivity contribution in [3.8, 4) is 0 Å². The van der Waals surface area contributed by atoms with Gasteiger partial charge in [-0.05, 0) is 12.8 Å². The van der Waals surface area contributed by atoms with Crippen molar-refractivity contribution < 1.29 is 0 Å². The Kier molecular flexibility index (Phi) is 5.90. The number of aromatic nitrogens is 3. The Bertz CT molecular complexity index is 293. The third kappa shape index (κ3) is 3.83. The average molecular weight is 224 g/mol. The second kappa shape index (κ2) is 7.25. The number of nitrogens with two attached hydrogens (primary N) is 1. The zero-order valence-electron chi connectivity index (χ0n) is 10.6. The van der Waals surface area contributed by atoms with Crippen molar-refractivity contribution in [2.24, 2.45) is 0 Å². The van der Waals surface area contributed by atoms with E-state index in [4.69, 9.17) is 5.73 Å². The van der Waals surface area contributed by atoms with Gasteiger partial charge in [0, 0.05) is 6.54 Å². The van der Waals surface area contributed by atoms with Crippen molar-refractivity contribution in [3.05, 3.63) is 5.69 Å². The fourth-order valence-electron chi connectivity index (χ4n) is 1.93.